The van der Waals surface area contributed by atoms with Crippen molar-refractivity contribution in [3.63, 3.8) is 0 Å². The van der Waals surface area contributed by atoms with Crippen molar-refractivity contribution in [3.05, 3.63) is 29.8 Å². The Hall–Kier alpha value is -2.08. The summed E-state index contributed by atoms with van der Waals surface area (Å²) in [6.45, 7) is 4.50. The van der Waals surface area contributed by atoms with Crippen molar-refractivity contribution in [3.8, 4) is 5.75 Å². The summed E-state index contributed by atoms with van der Waals surface area (Å²) in [4.78, 5) is 24.9. The van der Waals surface area contributed by atoms with Crippen molar-refractivity contribution >= 4 is 11.8 Å². The van der Waals surface area contributed by atoms with Crippen LogP contribution in [0.15, 0.2) is 24.3 Å². The molecule has 0 saturated carbocycles. The molecule has 0 radical (unpaired) electrons. The first-order valence-electron chi connectivity index (χ1n) is 7.44. The largest absolute Gasteiger partial charge is 0.493 e. The van der Waals surface area contributed by atoms with E-state index in [9.17, 15) is 9.59 Å². The number of likely N-dealkylation sites (tertiary alicyclic amines) is 1. The third kappa shape index (κ3) is 3.98. The summed E-state index contributed by atoms with van der Waals surface area (Å²) in [6, 6.07) is 6.55. The molecule has 1 aromatic rings. The smallest absolute Gasteiger partial charge is 0.248 e. The molecule has 1 heterocycles. The highest BCUT2D eigenvalue weighted by Crippen LogP contribution is 2.28. The van der Waals surface area contributed by atoms with Gasteiger partial charge in [0.1, 0.15) is 5.75 Å². The Bertz CT molecular complexity index is 544. The van der Waals surface area contributed by atoms with Gasteiger partial charge in [-0.2, -0.15) is 0 Å². The molecule has 6 heteroatoms. The van der Waals surface area contributed by atoms with E-state index in [1.165, 1.54) is 0 Å². The van der Waals surface area contributed by atoms with Crippen LogP contribution in [0.4, 0.5) is 0 Å². The van der Waals surface area contributed by atoms with E-state index < -0.39 is 5.91 Å². The number of rotatable bonds is 6. The Morgan fingerprint density at radius 1 is 1.32 bits per heavy atom. The summed E-state index contributed by atoms with van der Waals surface area (Å²) in [5.41, 5.74) is 11.4. The summed E-state index contributed by atoms with van der Waals surface area (Å²) in [5.74, 6) is 0.232. The monoisotopic (exact) mass is 305 g/mol. The zero-order valence-corrected chi connectivity index (χ0v) is 12.9. The maximum Gasteiger partial charge on any atom is 0.248 e. The van der Waals surface area contributed by atoms with Gasteiger partial charge >= 0.3 is 0 Å². The van der Waals surface area contributed by atoms with Gasteiger partial charge < -0.3 is 21.1 Å². The molecule has 22 heavy (non-hydrogen) atoms. The quantitative estimate of drug-likeness (QED) is 0.810. The van der Waals surface area contributed by atoms with Crippen molar-refractivity contribution in [2.75, 3.05) is 26.2 Å². The lowest BCUT2D eigenvalue weighted by Crippen LogP contribution is -2.35. The first-order valence-corrected chi connectivity index (χ1v) is 7.44. The van der Waals surface area contributed by atoms with Crippen molar-refractivity contribution in [1.29, 1.82) is 0 Å². The van der Waals surface area contributed by atoms with Crippen molar-refractivity contribution in [1.82, 2.24) is 4.90 Å². The van der Waals surface area contributed by atoms with Crippen LogP contribution in [-0.4, -0.2) is 43.0 Å². The fourth-order valence-electron chi connectivity index (χ4n) is 2.53. The summed E-state index contributed by atoms with van der Waals surface area (Å²) in [5, 5.41) is 0. The molecular weight excluding hydrogens is 282 g/mol. The van der Waals surface area contributed by atoms with Gasteiger partial charge in [-0.3, -0.25) is 9.59 Å². The van der Waals surface area contributed by atoms with Gasteiger partial charge in [-0.1, -0.05) is 6.92 Å². The summed E-state index contributed by atoms with van der Waals surface area (Å²) >= 11 is 0. The highest BCUT2D eigenvalue weighted by Gasteiger charge is 2.34. The van der Waals surface area contributed by atoms with Crippen LogP contribution >= 0.6 is 0 Å². The molecule has 1 saturated heterocycles. The normalized spacial score (nSPS) is 20.9. The lowest BCUT2D eigenvalue weighted by Gasteiger charge is -2.22. The van der Waals surface area contributed by atoms with E-state index in [0.717, 1.165) is 19.5 Å². The molecule has 4 N–H and O–H groups in total. The number of amides is 2. The summed E-state index contributed by atoms with van der Waals surface area (Å²) in [7, 11) is 0. The first kappa shape index (κ1) is 16.3. The topological polar surface area (TPSA) is 98.7 Å². The van der Waals surface area contributed by atoms with E-state index >= 15 is 0 Å². The molecule has 2 rings (SSSR count). The van der Waals surface area contributed by atoms with Crippen LogP contribution in [0.2, 0.25) is 0 Å². The average molecular weight is 305 g/mol. The van der Waals surface area contributed by atoms with Gasteiger partial charge in [0.05, 0.1) is 13.0 Å². The second kappa shape index (κ2) is 6.79. The molecule has 1 unspecified atom stereocenters. The molecule has 0 spiro atoms. The number of hydrogen-bond donors (Lipinski definition) is 2. The van der Waals surface area contributed by atoms with Gasteiger partial charge in [0.15, 0.2) is 0 Å². The highest BCUT2D eigenvalue weighted by atomic mass is 16.5. The fraction of sp³-hybridized carbons (Fsp3) is 0.500. The Balaban J connectivity index is 1.76. The minimum Gasteiger partial charge on any atom is -0.493 e. The number of hydrogen-bond acceptors (Lipinski definition) is 4. The number of primary amides is 1. The number of nitrogens with zero attached hydrogens (tertiary/aromatic N) is 1. The van der Waals surface area contributed by atoms with E-state index in [1.54, 1.807) is 24.3 Å². The van der Waals surface area contributed by atoms with Crippen LogP contribution in [0.1, 0.15) is 30.1 Å². The molecule has 2 amide bonds. The number of ether oxygens (including phenoxy) is 1. The van der Waals surface area contributed by atoms with Gasteiger partial charge in [0.2, 0.25) is 11.8 Å². The zero-order chi connectivity index (χ0) is 16.2. The van der Waals surface area contributed by atoms with Crippen molar-refractivity contribution in [2.24, 2.45) is 16.9 Å². The maximum atomic E-state index is 12.1. The fourth-order valence-corrected chi connectivity index (χ4v) is 2.53. The Labute approximate surface area is 130 Å². The van der Waals surface area contributed by atoms with E-state index in [-0.39, 0.29) is 11.3 Å². The van der Waals surface area contributed by atoms with Gasteiger partial charge in [0.25, 0.3) is 0 Å². The zero-order valence-electron chi connectivity index (χ0n) is 12.9. The summed E-state index contributed by atoms with van der Waals surface area (Å²) < 4.78 is 5.52. The molecule has 1 aromatic carbocycles. The standard InChI is InChI=1S/C16H23N3O3/c1-16(10-17)7-8-19(11-16)14(20)6-9-22-13-4-2-12(3-5-13)15(18)21/h2-5H,6-11,17H2,1H3,(H2,18,21). The average Bonchev–Trinajstić information content (AvgIpc) is 2.91. The molecule has 6 nitrogen and oxygen atoms in total. The third-order valence-electron chi connectivity index (χ3n) is 4.13. The van der Waals surface area contributed by atoms with Crippen LogP contribution in [0.3, 0.4) is 0 Å². The maximum absolute atomic E-state index is 12.1. The molecule has 0 bridgehead atoms. The van der Waals surface area contributed by atoms with Crippen LogP contribution in [0, 0.1) is 5.41 Å². The van der Waals surface area contributed by atoms with Gasteiger partial charge in [-0.25, -0.2) is 0 Å². The number of carbonyl (C=O) groups is 2. The number of benzene rings is 1. The van der Waals surface area contributed by atoms with Crippen molar-refractivity contribution < 1.29 is 14.3 Å². The van der Waals surface area contributed by atoms with Crippen molar-refractivity contribution in [2.45, 2.75) is 19.8 Å². The highest BCUT2D eigenvalue weighted by molar-refractivity contribution is 5.92. The molecule has 1 aliphatic heterocycles. The molecular formula is C16H23N3O3. The minimum absolute atomic E-state index is 0.0428. The lowest BCUT2D eigenvalue weighted by molar-refractivity contribution is -0.131. The van der Waals surface area contributed by atoms with Gasteiger partial charge in [-0.15, -0.1) is 0 Å². The number of carbonyl (C=O) groups excluding carboxylic acids is 2. The molecule has 1 atom stereocenters. The Morgan fingerprint density at radius 2 is 2.00 bits per heavy atom. The molecule has 1 aliphatic rings. The Kier molecular flexibility index (Phi) is 5.03. The second-order valence-electron chi connectivity index (χ2n) is 6.07. The summed E-state index contributed by atoms with van der Waals surface area (Å²) in [6.07, 6.45) is 1.28. The molecule has 0 aromatic heterocycles. The van der Waals surface area contributed by atoms with Crippen LogP contribution in [0.5, 0.6) is 5.75 Å². The van der Waals surface area contributed by atoms with Crippen LogP contribution < -0.4 is 16.2 Å². The predicted molar refractivity (Wildman–Crippen MR) is 83.4 cm³/mol. The SMILES string of the molecule is CC1(CN)CCN(C(=O)CCOc2ccc(C(N)=O)cc2)C1. The second-order valence-corrected chi connectivity index (χ2v) is 6.07. The van der Waals surface area contributed by atoms with Gasteiger partial charge in [0, 0.05) is 18.7 Å². The third-order valence-corrected chi connectivity index (χ3v) is 4.13. The first-order chi connectivity index (χ1) is 10.4. The van der Waals surface area contributed by atoms with Crippen LogP contribution in [-0.2, 0) is 4.79 Å². The predicted octanol–water partition coefficient (Wildman–Crippen LogP) is 0.752. The van der Waals surface area contributed by atoms with E-state index in [0.29, 0.717) is 30.9 Å². The molecule has 120 valence electrons. The molecule has 0 aliphatic carbocycles. The van der Waals surface area contributed by atoms with Gasteiger partial charge in [-0.05, 0) is 42.6 Å². The van der Waals surface area contributed by atoms with Crippen LogP contribution in [0.25, 0.3) is 0 Å². The minimum atomic E-state index is -0.473. The Morgan fingerprint density at radius 3 is 2.55 bits per heavy atom. The lowest BCUT2D eigenvalue weighted by atomic mass is 9.90. The van der Waals surface area contributed by atoms with E-state index in [2.05, 4.69) is 6.92 Å². The van der Waals surface area contributed by atoms with E-state index in [4.69, 9.17) is 16.2 Å². The number of nitrogens with two attached hydrogens (primary N) is 2. The van der Waals surface area contributed by atoms with E-state index in [1.807, 2.05) is 4.90 Å². The molecule has 1 fully saturated rings.